The Morgan fingerprint density at radius 1 is 1.45 bits per heavy atom. The number of nitrogens with one attached hydrogen (secondary N) is 2. The monoisotopic (exact) mass is 299 g/mol. The van der Waals surface area contributed by atoms with Gasteiger partial charge < -0.3 is 10.1 Å². The minimum Gasteiger partial charge on any atom is -0.481 e. The van der Waals surface area contributed by atoms with Gasteiger partial charge in [0.05, 0.1) is 12.4 Å². The molecule has 20 heavy (non-hydrogen) atoms. The molecule has 1 aromatic rings. The van der Waals surface area contributed by atoms with E-state index in [2.05, 4.69) is 15.0 Å². The number of methoxy groups -OCH3 is 1. The van der Waals surface area contributed by atoms with Crippen molar-refractivity contribution in [1.82, 2.24) is 15.0 Å². The molecule has 0 spiro atoms. The quantitative estimate of drug-likeness (QED) is 0.737. The second-order valence-electron chi connectivity index (χ2n) is 5.07. The van der Waals surface area contributed by atoms with E-state index < -0.39 is 15.3 Å². The first-order valence-corrected chi connectivity index (χ1v) is 8.26. The van der Waals surface area contributed by atoms with Gasteiger partial charge in [-0.1, -0.05) is 6.07 Å². The maximum atomic E-state index is 12.1. The van der Waals surface area contributed by atoms with E-state index in [9.17, 15) is 8.42 Å². The van der Waals surface area contributed by atoms with Crippen LogP contribution in [0.15, 0.2) is 18.3 Å². The standard InChI is InChI=1S/C13H21N3O3S/c1-10(7-14-12-4-5-12)20(17,18)16-9-11-3-6-13(19-2)15-8-11/h3,6,8,10,12,14,16H,4-5,7,9H2,1-2H3. The molecule has 1 saturated carbocycles. The Hall–Kier alpha value is -1.18. The Labute approximate surface area is 120 Å². The molecule has 1 atom stereocenters. The second-order valence-corrected chi connectivity index (χ2v) is 7.25. The number of hydrogen-bond donors (Lipinski definition) is 2. The third-order valence-electron chi connectivity index (χ3n) is 3.29. The molecule has 1 fully saturated rings. The normalized spacial score (nSPS) is 16.9. The van der Waals surface area contributed by atoms with Gasteiger partial charge in [0.15, 0.2) is 0 Å². The van der Waals surface area contributed by atoms with Crippen molar-refractivity contribution in [2.75, 3.05) is 13.7 Å². The lowest BCUT2D eigenvalue weighted by molar-refractivity contribution is 0.397. The minimum absolute atomic E-state index is 0.243. The van der Waals surface area contributed by atoms with Gasteiger partial charge in [-0.25, -0.2) is 18.1 Å². The van der Waals surface area contributed by atoms with Crippen LogP contribution < -0.4 is 14.8 Å². The lowest BCUT2D eigenvalue weighted by atomic mass is 10.3. The van der Waals surface area contributed by atoms with Crippen molar-refractivity contribution in [2.45, 2.75) is 37.6 Å². The van der Waals surface area contributed by atoms with Crippen LogP contribution in [0.2, 0.25) is 0 Å². The van der Waals surface area contributed by atoms with E-state index in [1.165, 1.54) is 0 Å². The predicted octanol–water partition coefficient (Wildman–Crippen LogP) is 0.650. The summed E-state index contributed by atoms with van der Waals surface area (Å²) in [7, 11) is -1.77. The Kier molecular flexibility index (Phi) is 4.95. The number of aromatic nitrogens is 1. The molecule has 0 bridgehead atoms. The molecule has 1 unspecified atom stereocenters. The fraction of sp³-hybridized carbons (Fsp3) is 0.615. The van der Waals surface area contributed by atoms with Gasteiger partial charge in [0.1, 0.15) is 0 Å². The highest BCUT2D eigenvalue weighted by Crippen LogP contribution is 2.18. The summed E-state index contributed by atoms with van der Waals surface area (Å²) in [5.74, 6) is 0.513. The van der Waals surface area contributed by atoms with Crippen LogP contribution in [0.5, 0.6) is 5.88 Å². The third-order valence-corrected chi connectivity index (χ3v) is 5.06. The molecule has 1 aromatic heterocycles. The molecule has 2 N–H and O–H groups in total. The van der Waals surface area contributed by atoms with Gasteiger partial charge >= 0.3 is 0 Å². The molecule has 0 amide bonds. The number of nitrogens with zero attached hydrogens (tertiary/aromatic N) is 1. The van der Waals surface area contributed by atoms with Crippen LogP contribution in [-0.2, 0) is 16.6 Å². The number of sulfonamides is 1. The van der Waals surface area contributed by atoms with Crippen LogP contribution in [-0.4, -0.2) is 38.3 Å². The maximum absolute atomic E-state index is 12.1. The highest BCUT2D eigenvalue weighted by atomic mass is 32.2. The molecule has 1 aliphatic rings. The fourth-order valence-electron chi connectivity index (χ4n) is 1.69. The summed E-state index contributed by atoms with van der Waals surface area (Å²) < 4.78 is 31.7. The molecule has 0 radical (unpaired) electrons. The van der Waals surface area contributed by atoms with Crippen molar-refractivity contribution in [2.24, 2.45) is 0 Å². The predicted molar refractivity (Wildman–Crippen MR) is 77.0 cm³/mol. The van der Waals surface area contributed by atoms with Crippen molar-refractivity contribution in [3.8, 4) is 5.88 Å². The molecular formula is C13H21N3O3S. The van der Waals surface area contributed by atoms with Crippen LogP contribution in [0.3, 0.4) is 0 Å². The molecule has 0 aliphatic heterocycles. The van der Waals surface area contributed by atoms with Gasteiger partial charge in [-0.05, 0) is 25.3 Å². The van der Waals surface area contributed by atoms with Crippen LogP contribution >= 0.6 is 0 Å². The molecule has 1 heterocycles. The summed E-state index contributed by atoms with van der Waals surface area (Å²) >= 11 is 0. The fourth-order valence-corrected chi connectivity index (χ4v) is 2.66. The second kappa shape index (κ2) is 6.51. The van der Waals surface area contributed by atoms with Gasteiger partial charge in [0.2, 0.25) is 15.9 Å². The van der Waals surface area contributed by atoms with Crippen molar-refractivity contribution < 1.29 is 13.2 Å². The zero-order valence-electron chi connectivity index (χ0n) is 11.8. The third kappa shape index (κ3) is 4.43. The molecule has 112 valence electrons. The Bertz CT molecular complexity index is 526. The molecule has 6 nitrogen and oxygen atoms in total. The van der Waals surface area contributed by atoms with Crippen LogP contribution in [0, 0.1) is 0 Å². The first-order chi connectivity index (χ1) is 9.51. The first kappa shape index (κ1) is 15.2. The van der Waals surface area contributed by atoms with Crippen molar-refractivity contribution in [3.63, 3.8) is 0 Å². The number of ether oxygens (including phenoxy) is 1. The van der Waals surface area contributed by atoms with E-state index in [-0.39, 0.29) is 6.54 Å². The maximum Gasteiger partial charge on any atom is 0.215 e. The van der Waals surface area contributed by atoms with Crippen LogP contribution in [0.4, 0.5) is 0 Å². The number of hydrogen-bond acceptors (Lipinski definition) is 5. The van der Waals surface area contributed by atoms with E-state index in [1.54, 1.807) is 32.4 Å². The molecule has 0 saturated heterocycles. The van der Waals surface area contributed by atoms with E-state index in [4.69, 9.17) is 4.74 Å². The van der Waals surface area contributed by atoms with E-state index in [1.807, 2.05) is 0 Å². The summed E-state index contributed by atoms with van der Waals surface area (Å²) in [5.41, 5.74) is 0.803. The lowest BCUT2D eigenvalue weighted by Crippen LogP contribution is -2.39. The molecular weight excluding hydrogens is 278 g/mol. The van der Waals surface area contributed by atoms with E-state index in [0.29, 0.717) is 18.5 Å². The van der Waals surface area contributed by atoms with E-state index >= 15 is 0 Å². The van der Waals surface area contributed by atoms with Crippen molar-refractivity contribution in [3.05, 3.63) is 23.9 Å². The number of rotatable bonds is 8. The topological polar surface area (TPSA) is 80.3 Å². The zero-order chi connectivity index (χ0) is 14.6. The molecule has 0 aromatic carbocycles. The smallest absolute Gasteiger partial charge is 0.215 e. The van der Waals surface area contributed by atoms with Gasteiger partial charge in [0, 0.05) is 31.4 Å². The molecule has 1 aliphatic carbocycles. The molecule has 2 rings (SSSR count). The van der Waals surface area contributed by atoms with E-state index in [0.717, 1.165) is 18.4 Å². The molecule has 7 heteroatoms. The van der Waals surface area contributed by atoms with Crippen LogP contribution in [0.25, 0.3) is 0 Å². The Morgan fingerprint density at radius 2 is 2.20 bits per heavy atom. The summed E-state index contributed by atoms with van der Waals surface area (Å²) in [4.78, 5) is 4.04. The highest BCUT2D eigenvalue weighted by Gasteiger charge is 2.25. The summed E-state index contributed by atoms with van der Waals surface area (Å²) in [6.07, 6.45) is 3.91. The highest BCUT2D eigenvalue weighted by molar-refractivity contribution is 7.90. The Morgan fingerprint density at radius 3 is 2.75 bits per heavy atom. The largest absolute Gasteiger partial charge is 0.481 e. The average molecular weight is 299 g/mol. The average Bonchev–Trinajstić information content (AvgIpc) is 3.27. The summed E-state index contributed by atoms with van der Waals surface area (Å²) in [5, 5.41) is 2.78. The number of pyridine rings is 1. The van der Waals surface area contributed by atoms with Crippen LogP contribution in [0.1, 0.15) is 25.3 Å². The van der Waals surface area contributed by atoms with Gasteiger partial charge in [0.25, 0.3) is 0 Å². The van der Waals surface area contributed by atoms with Gasteiger partial charge in [-0.15, -0.1) is 0 Å². The first-order valence-electron chi connectivity index (χ1n) is 6.72. The zero-order valence-corrected chi connectivity index (χ0v) is 12.6. The summed E-state index contributed by atoms with van der Waals surface area (Å²) in [6.45, 7) is 2.44. The van der Waals surface area contributed by atoms with Gasteiger partial charge in [-0.3, -0.25) is 0 Å². The minimum atomic E-state index is -3.31. The Balaban J connectivity index is 1.83. The van der Waals surface area contributed by atoms with Gasteiger partial charge in [-0.2, -0.15) is 0 Å². The lowest BCUT2D eigenvalue weighted by Gasteiger charge is -2.14. The SMILES string of the molecule is COc1ccc(CNS(=O)(=O)C(C)CNC2CC2)cn1. The van der Waals surface area contributed by atoms with Crippen molar-refractivity contribution >= 4 is 10.0 Å². The summed E-state index contributed by atoms with van der Waals surface area (Å²) in [6, 6.07) is 4.02. The van der Waals surface area contributed by atoms with Crippen molar-refractivity contribution in [1.29, 1.82) is 0 Å².